The van der Waals surface area contributed by atoms with Gasteiger partial charge in [0.1, 0.15) is 0 Å². The van der Waals surface area contributed by atoms with Crippen molar-refractivity contribution in [3.8, 4) is 0 Å². The summed E-state index contributed by atoms with van der Waals surface area (Å²) in [5.41, 5.74) is 1.97. The van der Waals surface area contributed by atoms with Gasteiger partial charge in [-0.15, -0.1) is 12.4 Å². The van der Waals surface area contributed by atoms with E-state index < -0.39 is 10.0 Å². The zero-order chi connectivity index (χ0) is 13.9. The summed E-state index contributed by atoms with van der Waals surface area (Å²) in [6.07, 6.45) is 1.91. The van der Waals surface area contributed by atoms with Crippen molar-refractivity contribution in [2.24, 2.45) is 0 Å². The Hall–Kier alpha value is -0.620. The van der Waals surface area contributed by atoms with Crippen LogP contribution < -0.4 is 5.32 Å². The smallest absolute Gasteiger partial charge is 0.218 e. The molecule has 0 amide bonds. The number of nitrogens with zero attached hydrogens (tertiary/aromatic N) is 1. The predicted molar refractivity (Wildman–Crippen MR) is 84.7 cm³/mol. The molecule has 1 aliphatic rings. The first-order valence-electron chi connectivity index (χ1n) is 6.72. The molecule has 0 spiro atoms. The molecule has 0 aromatic heterocycles. The van der Waals surface area contributed by atoms with Gasteiger partial charge in [0.15, 0.2) is 0 Å². The summed E-state index contributed by atoms with van der Waals surface area (Å²) in [6, 6.07) is 7.83. The maximum absolute atomic E-state index is 12.5. The lowest BCUT2D eigenvalue weighted by atomic mass is 10.2. The monoisotopic (exact) mass is 318 g/mol. The van der Waals surface area contributed by atoms with Crippen molar-refractivity contribution in [3.63, 3.8) is 0 Å². The number of rotatable bonds is 5. The topological polar surface area (TPSA) is 49.4 Å². The Morgan fingerprint density at radius 2 is 2.15 bits per heavy atom. The highest BCUT2D eigenvalue weighted by atomic mass is 35.5. The third kappa shape index (κ3) is 4.19. The van der Waals surface area contributed by atoms with Gasteiger partial charge >= 0.3 is 0 Å². The van der Waals surface area contributed by atoms with Gasteiger partial charge in [-0.05, 0) is 32.4 Å². The Morgan fingerprint density at radius 3 is 2.80 bits per heavy atom. The first-order chi connectivity index (χ1) is 9.03. The number of hydrogen-bond donors (Lipinski definition) is 1. The van der Waals surface area contributed by atoms with Gasteiger partial charge in [0.2, 0.25) is 10.0 Å². The SMILES string of the molecule is CNCC1CCCN1S(=O)(=O)Cc1cccc(C)c1.Cl. The molecule has 1 aromatic carbocycles. The molecule has 114 valence electrons. The van der Waals surface area contributed by atoms with Crippen molar-refractivity contribution < 1.29 is 8.42 Å². The number of sulfonamides is 1. The van der Waals surface area contributed by atoms with E-state index in [4.69, 9.17) is 0 Å². The summed E-state index contributed by atoms with van der Waals surface area (Å²) in [5.74, 6) is 0.106. The minimum atomic E-state index is -3.21. The Labute approximate surface area is 128 Å². The summed E-state index contributed by atoms with van der Waals surface area (Å²) in [7, 11) is -1.34. The number of benzene rings is 1. The molecule has 1 atom stereocenters. The van der Waals surface area contributed by atoms with Crippen molar-refractivity contribution in [3.05, 3.63) is 35.4 Å². The standard InChI is InChI=1S/C14H22N2O2S.ClH/c1-12-5-3-6-13(9-12)11-19(17,18)16-8-4-7-14(16)10-15-2;/h3,5-6,9,14-15H,4,7-8,10-11H2,1-2H3;1H. The van der Waals surface area contributed by atoms with E-state index >= 15 is 0 Å². The van der Waals surface area contributed by atoms with Crippen LogP contribution in [0.15, 0.2) is 24.3 Å². The van der Waals surface area contributed by atoms with E-state index in [1.54, 1.807) is 4.31 Å². The van der Waals surface area contributed by atoms with Crippen LogP contribution in [-0.4, -0.2) is 38.9 Å². The Balaban J connectivity index is 0.00000200. The lowest BCUT2D eigenvalue weighted by Gasteiger charge is -2.24. The molecule has 4 nitrogen and oxygen atoms in total. The molecule has 1 heterocycles. The van der Waals surface area contributed by atoms with E-state index in [0.29, 0.717) is 6.54 Å². The van der Waals surface area contributed by atoms with E-state index in [9.17, 15) is 8.42 Å². The predicted octanol–water partition coefficient (Wildman–Crippen LogP) is 1.93. The molecule has 1 unspecified atom stereocenters. The van der Waals surface area contributed by atoms with Crippen LogP contribution >= 0.6 is 12.4 Å². The van der Waals surface area contributed by atoms with Crippen LogP contribution in [0.2, 0.25) is 0 Å². The number of likely N-dealkylation sites (N-methyl/N-ethyl adjacent to an activating group) is 1. The van der Waals surface area contributed by atoms with E-state index in [2.05, 4.69) is 5.32 Å². The van der Waals surface area contributed by atoms with Crippen molar-refractivity contribution in [2.45, 2.75) is 31.6 Å². The largest absolute Gasteiger partial charge is 0.318 e. The zero-order valence-corrected chi connectivity index (χ0v) is 13.6. The maximum Gasteiger partial charge on any atom is 0.218 e. The van der Waals surface area contributed by atoms with Crippen LogP contribution in [-0.2, 0) is 15.8 Å². The van der Waals surface area contributed by atoms with Gasteiger partial charge in [-0.1, -0.05) is 29.8 Å². The first-order valence-corrected chi connectivity index (χ1v) is 8.33. The molecular formula is C14H23ClN2O2S. The lowest BCUT2D eigenvalue weighted by molar-refractivity contribution is 0.378. The van der Waals surface area contributed by atoms with Gasteiger partial charge in [0.05, 0.1) is 5.75 Å². The molecule has 6 heteroatoms. The Kier molecular flexibility index (Phi) is 6.45. The fourth-order valence-electron chi connectivity index (χ4n) is 2.71. The molecule has 0 aliphatic carbocycles. The van der Waals surface area contributed by atoms with Crippen LogP contribution in [0.3, 0.4) is 0 Å². The fourth-order valence-corrected chi connectivity index (χ4v) is 4.52. The summed E-state index contributed by atoms with van der Waals surface area (Å²) in [5, 5.41) is 3.08. The lowest BCUT2D eigenvalue weighted by Crippen LogP contribution is -2.41. The van der Waals surface area contributed by atoms with Crippen molar-refractivity contribution in [1.82, 2.24) is 9.62 Å². The highest BCUT2D eigenvalue weighted by Crippen LogP contribution is 2.23. The van der Waals surface area contributed by atoms with E-state index in [1.165, 1.54) is 0 Å². The van der Waals surface area contributed by atoms with Gasteiger partial charge in [0, 0.05) is 19.1 Å². The third-order valence-corrected chi connectivity index (χ3v) is 5.45. The molecule has 1 saturated heterocycles. The molecule has 0 bridgehead atoms. The molecule has 20 heavy (non-hydrogen) atoms. The van der Waals surface area contributed by atoms with Gasteiger partial charge in [-0.3, -0.25) is 0 Å². The Bertz CT molecular complexity index is 534. The molecule has 2 rings (SSSR count). The number of nitrogens with one attached hydrogen (secondary N) is 1. The van der Waals surface area contributed by atoms with Crippen LogP contribution in [0.5, 0.6) is 0 Å². The van der Waals surface area contributed by atoms with Crippen molar-refractivity contribution in [1.29, 1.82) is 0 Å². The molecule has 1 aliphatic heterocycles. The summed E-state index contributed by atoms with van der Waals surface area (Å²) >= 11 is 0. The van der Waals surface area contributed by atoms with E-state index in [-0.39, 0.29) is 24.2 Å². The molecule has 1 N–H and O–H groups in total. The second-order valence-electron chi connectivity index (χ2n) is 5.21. The second-order valence-corrected chi connectivity index (χ2v) is 7.13. The van der Waals surface area contributed by atoms with Gasteiger partial charge < -0.3 is 5.32 Å². The van der Waals surface area contributed by atoms with E-state index in [1.807, 2.05) is 38.2 Å². The number of halogens is 1. The fraction of sp³-hybridized carbons (Fsp3) is 0.571. The van der Waals surface area contributed by atoms with Crippen LogP contribution in [0, 0.1) is 6.92 Å². The van der Waals surface area contributed by atoms with Crippen LogP contribution in [0.4, 0.5) is 0 Å². The number of aryl methyl sites for hydroxylation is 1. The number of hydrogen-bond acceptors (Lipinski definition) is 3. The van der Waals surface area contributed by atoms with Crippen LogP contribution in [0.25, 0.3) is 0 Å². The summed E-state index contributed by atoms with van der Waals surface area (Å²) in [6.45, 7) is 3.36. The molecule has 1 aromatic rings. The third-order valence-electron chi connectivity index (χ3n) is 3.55. The Morgan fingerprint density at radius 1 is 1.40 bits per heavy atom. The highest BCUT2D eigenvalue weighted by molar-refractivity contribution is 7.88. The molecule has 0 saturated carbocycles. The van der Waals surface area contributed by atoms with Crippen molar-refractivity contribution in [2.75, 3.05) is 20.1 Å². The average molecular weight is 319 g/mol. The van der Waals surface area contributed by atoms with Crippen LogP contribution in [0.1, 0.15) is 24.0 Å². The minimum absolute atomic E-state index is 0. The average Bonchev–Trinajstić information content (AvgIpc) is 2.78. The minimum Gasteiger partial charge on any atom is -0.318 e. The highest BCUT2D eigenvalue weighted by Gasteiger charge is 2.33. The summed E-state index contributed by atoms with van der Waals surface area (Å²) < 4.78 is 26.7. The molecule has 0 radical (unpaired) electrons. The summed E-state index contributed by atoms with van der Waals surface area (Å²) in [4.78, 5) is 0. The van der Waals surface area contributed by atoms with Crippen molar-refractivity contribution >= 4 is 22.4 Å². The quantitative estimate of drug-likeness (QED) is 0.902. The first kappa shape index (κ1) is 17.4. The normalized spacial score (nSPS) is 19.8. The maximum atomic E-state index is 12.5. The van der Waals surface area contributed by atoms with Gasteiger partial charge in [-0.25, -0.2) is 8.42 Å². The van der Waals surface area contributed by atoms with E-state index in [0.717, 1.165) is 30.5 Å². The van der Waals surface area contributed by atoms with Gasteiger partial charge in [0.25, 0.3) is 0 Å². The molecule has 1 fully saturated rings. The van der Waals surface area contributed by atoms with Gasteiger partial charge in [-0.2, -0.15) is 4.31 Å². The zero-order valence-electron chi connectivity index (χ0n) is 12.0. The molecular weight excluding hydrogens is 296 g/mol. The second kappa shape index (κ2) is 7.41.